The maximum absolute atomic E-state index is 12.1. The van der Waals surface area contributed by atoms with Gasteiger partial charge in [0.15, 0.2) is 0 Å². The summed E-state index contributed by atoms with van der Waals surface area (Å²) in [6.45, 7) is 5.69. The number of benzene rings is 1. The molecule has 0 aromatic heterocycles. The Bertz CT molecular complexity index is 595. The molecule has 0 radical (unpaired) electrons. The Labute approximate surface area is 147 Å². The van der Waals surface area contributed by atoms with Crippen molar-refractivity contribution in [2.45, 2.75) is 45.7 Å². The lowest BCUT2D eigenvalue weighted by Gasteiger charge is -2.25. The van der Waals surface area contributed by atoms with E-state index in [4.69, 9.17) is 17.3 Å². The normalized spacial score (nSPS) is 15.3. The predicted molar refractivity (Wildman–Crippen MR) is 95.2 cm³/mol. The minimum absolute atomic E-state index is 0. The molecular formula is C16H23Cl2N3O2. The van der Waals surface area contributed by atoms with E-state index in [1.807, 2.05) is 20.8 Å². The first kappa shape index (κ1) is 19.7. The number of nitrogens with one attached hydrogen (secondary N) is 2. The second kappa shape index (κ2) is 7.51. The van der Waals surface area contributed by atoms with Crippen LogP contribution in [0.5, 0.6) is 0 Å². The van der Waals surface area contributed by atoms with Crippen molar-refractivity contribution in [2.24, 2.45) is 11.1 Å². The first-order valence-corrected chi connectivity index (χ1v) is 7.73. The molecule has 1 aromatic rings. The smallest absolute Gasteiger partial charge is 0.253 e. The molecule has 0 spiro atoms. The van der Waals surface area contributed by atoms with Crippen LogP contribution in [0, 0.1) is 5.41 Å². The topological polar surface area (TPSA) is 84.2 Å². The zero-order valence-corrected chi connectivity index (χ0v) is 15.1. The highest BCUT2D eigenvalue weighted by Crippen LogP contribution is 2.25. The Kier molecular flexibility index (Phi) is 6.45. The molecule has 0 bridgehead atoms. The lowest BCUT2D eigenvalue weighted by molar-refractivity contribution is -0.119. The standard InChI is InChI=1S/C16H22ClN3O2.ClH/c1-16(2,3)13(18)15(22)20-10-6-7-12(17)11(8-10)14(21)19-9-4-5-9;/h6-9,13H,4-5,18H2,1-3H3,(H,19,21)(H,20,22);1H/t13-;/m1./s1. The number of rotatable bonds is 4. The molecule has 0 saturated heterocycles. The van der Waals surface area contributed by atoms with Gasteiger partial charge in [0.05, 0.1) is 16.6 Å². The molecule has 128 valence electrons. The summed E-state index contributed by atoms with van der Waals surface area (Å²) >= 11 is 6.07. The van der Waals surface area contributed by atoms with Gasteiger partial charge >= 0.3 is 0 Å². The molecule has 1 atom stereocenters. The highest BCUT2D eigenvalue weighted by Gasteiger charge is 2.28. The van der Waals surface area contributed by atoms with Crippen LogP contribution in [-0.4, -0.2) is 23.9 Å². The van der Waals surface area contributed by atoms with E-state index in [1.54, 1.807) is 18.2 Å². The minimum Gasteiger partial charge on any atom is -0.349 e. The number of carbonyl (C=O) groups is 2. The van der Waals surface area contributed by atoms with E-state index in [1.165, 1.54) is 0 Å². The van der Waals surface area contributed by atoms with Crippen LogP contribution in [0.15, 0.2) is 18.2 Å². The van der Waals surface area contributed by atoms with Crippen molar-refractivity contribution < 1.29 is 9.59 Å². The van der Waals surface area contributed by atoms with Gasteiger partial charge in [0.2, 0.25) is 5.91 Å². The molecule has 0 aliphatic heterocycles. The van der Waals surface area contributed by atoms with Gasteiger partial charge in [-0.25, -0.2) is 0 Å². The number of carbonyl (C=O) groups excluding carboxylic acids is 2. The number of nitrogens with two attached hydrogens (primary N) is 1. The Balaban J connectivity index is 0.00000264. The van der Waals surface area contributed by atoms with E-state index in [9.17, 15) is 9.59 Å². The average molecular weight is 360 g/mol. The second-order valence-electron chi connectivity index (χ2n) is 6.78. The molecule has 2 rings (SSSR count). The molecule has 1 aliphatic carbocycles. The zero-order chi connectivity index (χ0) is 16.5. The summed E-state index contributed by atoms with van der Waals surface area (Å²) in [6, 6.07) is 4.43. The molecule has 0 heterocycles. The summed E-state index contributed by atoms with van der Waals surface area (Å²) in [4.78, 5) is 24.3. The molecule has 23 heavy (non-hydrogen) atoms. The first-order chi connectivity index (χ1) is 10.2. The van der Waals surface area contributed by atoms with Gasteiger partial charge in [-0.1, -0.05) is 32.4 Å². The lowest BCUT2D eigenvalue weighted by atomic mass is 9.87. The molecule has 1 aliphatic rings. The van der Waals surface area contributed by atoms with Gasteiger partial charge in [-0.3, -0.25) is 9.59 Å². The Hall–Kier alpha value is -1.30. The first-order valence-electron chi connectivity index (χ1n) is 7.35. The van der Waals surface area contributed by atoms with Crippen molar-refractivity contribution in [1.82, 2.24) is 5.32 Å². The molecule has 1 aromatic carbocycles. The monoisotopic (exact) mass is 359 g/mol. The maximum atomic E-state index is 12.1. The van der Waals surface area contributed by atoms with E-state index in [0.29, 0.717) is 16.3 Å². The summed E-state index contributed by atoms with van der Waals surface area (Å²) in [5, 5.41) is 5.97. The van der Waals surface area contributed by atoms with Crippen molar-refractivity contribution in [3.8, 4) is 0 Å². The molecule has 1 fully saturated rings. The number of hydrogen-bond donors (Lipinski definition) is 3. The van der Waals surface area contributed by atoms with Gasteiger partial charge < -0.3 is 16.4 Å². The van der Waals surface area contributed by atoms with Crippen molar-refractivity contribution in [3.05, 3.63) is 28.8 Å². The van der Waals surface area contributed by atoms with Crippen LogP contribution in [0.3, 0.4) is 0 Å². The van der Waals surface area contributed by atoms with Crippen molar-refractivity contribution in [2.75, 3.05) is 5.32 Å². The second-order valence-corrected chi connectivity index (χ2v) is 7.18. The summed E-state index contributed by atoms with van der Waals surface area (Å²) in [5.74, 6) is -0.507. The quantitative estimate of drug-likeness (QED) is 0.772. The maximum Gasteiger partial charge on any atom is 0.253 e. The summed E-state index contributed by atoms with van der Waals surface area (Å²) < 4.78 is 0. The molecule has 5 nitrogen and oxygen atoms in total. The highest BCUT2D eigenvalue weighted by molar-refractivity contribution is 6.34. The van der Waals surface area contributed by atoms with Crippen molar-refractivity contribution >= 4 is 41.5 Å². The highest BCUT2D eigenvalue weighted by atomic mass is 35.5. The number of halogens is 2. The number of hydrogen-bond acceptors (Lipinski definition) is 3. The molecule has 2 amide bonds. The van der Waals surface area contributed by atoms with Crippen molar-refractivity contribution in [1.29, 1.82) is 0 Å². The molecule has 7 heteroatoms. The van der Waals surface area contributed by atoms with Crippen LogP contribution in [0.1, 0.15) is 44.0 Å². The third-order valence-electron chi connectivity index (χ3n) is 3.61. The number of amides is 2. The lowest BCUT2D eigenvalue weighted by Crippen LogP contribution is -2.45. The van der Waals surface area contributed by atoms with Gasteiger partial charge in [0.25, 0.3) is 5.91 Å². The van der Waals surface area contributed by atoms with Gasteiger partial charge in [0.1, 0.15) is 0 Å². The van der Waals surface area contributed by atoms with Crippen molar-refractivity contribution in [3.63, 3.8) is 0 Å². The van der Waals surface area contributed by atoms with Crippen LogP contribution in [0.4, 0.5) is 5.69 Å². The third kappa shape index (κ3) is 5.37. The van der Waals surface area contributed by atoms with Gasteiger partial charge in [-0.05, 0) is 36.5 Å². The predicted octanol–water partition coefficient (Wildman–Crippen LogP) is 2.97. The fraction of sp³-hybridized carbons (Fsp3) is 0.500. The van der Waals surface area contributed by atoms with Crippen LogP contribution in [-0.2, 0) is 4.79 Å². The van der Waals surface area contributed by atoms with E-state index >= 15 is 0 Å². The Morgan fingerprint density at radius 3 is 2.43 bits per heavy atom. The fourth-order valence-corrected chi connectivity index (χ4v) is 2.08. The zero-order valence-electron chi connectivity index (χ0n) is 13.5. The number of anilines is 1. The summed E-state index contributed by atoms with van der Waals surface area (Å²) in [6.07, 6.45) is 2.00. The molecule has 1 saturated carbocycles. The van der Waals surface area contributed by atoms with Gasteiger partial charge in [-0.15, -0.1) is 12.4 Å². The van der Waals surface area contributed by atoms with E-state index in [-0.39, 0.29) is 35.7 Å². The SMILES string of the molecule is CC(C)(C)[C@H](N)C(=O)Nc1ccc(Cl)c(C(=O)NC2CC2)c1.Cl. The van der Waals surface area contributed by atoms with Crippen LogP contribution >= 0.6 is 24.0 Å². The van der Waals surface area contributed by atoms with E-state index in [2.05, 4.69) is 10.6 Å². The van der Waals surface area contributed by atoms with Crippen LogP contribution < -0.4 is 16.4 Å². The van der Waals surface area contributed by atoms with Crippen LogP contribution in [0.25, 0.3) is 0 Å². The Morgan fingerprint density at radius 1 is 1.30 bits per heavy atom. The molecule has 4 N–H and O–H groups in total. The van der Waals surface area contributed by atoms with Crippen LogP contribution in [0.2, 0.25) is 5.02 Å². The summed E-state index contributed by atoms with van der Waals surface area (Å²) in [7, 11) is 0. The van der Waals surface area contributed by atoms with Gasteiger partial charge in [0, 0.05) is 11.7 Å². The van der Waals surface area contributed by atoms with E-state index in [0.717, 1.165) is 12.8 Å². The minimum atomic E-state index is -0.646. The average Bonchev–Trinajstić information content (AvgIpc) is 3.22. The largest absolute Gasteiger partial charge is 0.349 e. The molecule has 0 unspecified atom stereocenters. The molecular weight excluding hydrogens is 337 g/mol. The fourth-order valence-electron chi connectivity index (χ4n) is 1.88. The van der Waals surface area contributed by atoms with E-state index < -0.39 is 6.04 Å². The Morgan fingerprint density at radius 2 is 1.91 bits per heavy atom. The van der Waals surface area contributed by atoms with Gasteiger partial charge in [-0.2, -0.15) is 0 Å². The summed E-state index contributed by atoms with van der Waals surface area (Å²) in [5.41, 5.74) is 6.45. The third-order valence-corrected chi connectivity index (χ3v) is 3.94.